The number of carbonyl (C=O) groups excluding carboxylic acids is 1. The van der Waals surface area contributed by atoms with Crippen molar-refractivity contribution in [3.63, 3.8) is 0 Å². The lowest BCUT2D eigenvalue weighted by Crippen LogP contribution is -2.36. The third kappa shape index (κ3) is 3.18. The molecule has 7 nitrogen and oxygen atoms in total. The maximum absolute atomic E-state index is 12.0. The van der Waals surface area contributed by atoms with Crippen molar-refractivity contribution in [2.24, 2.45) is 5.41 Å². The molecular formula is C14H18N4O3. The van der Waals surface area contributed by atoms with Crippen molar-refractivity contribution in [1.29, 1.82) is 0 Å². The highest BCUT2D eigenvalue weighted by Crippen LogP contribution is 2.22. The van der Waals surface area contributed by atoms with Gasteiger partial charge in [-0.1, -0.05) is 20.8 Å². The summed E-state index contributed by atoms with van der Waals surface area (Å²) in [6.07, 6.45) is 0. The number of hydrogen-bond donors (Lipinski definition) is 2. The van der Waals surface area contributed by atoms with Crippen molar-refractivity contribution in [2.45, 2.75) is 33.7 Å². The zero-order valence-electron chi connectivity index (χ0n) is 12.4. The van der Waals surface area contributed by atoms with E-state index in [-0.39, 0.29) is 17.6 Å². The van der Waals surface area contributed by atoms with Gasteiger partial charge in [0.05, 0.1) is 22.0 Å². The summed E-state index contributed by atoms with van der Waals surface area (Å²) in [7, 11) is 0. The summed E-state index contributed by atoms with van der Waals surface area (Å²) < 4.78 is 0. The summed E-state index contributed by atoms with van der Waals surface area (Å²) in [4.78, 5) is 29.6. The van der Waals surface area contributed by atoms with Crippen LogP contribution in [0.1, 0.15) is 39.6 Å². The predicted octanol–water partition coefficient (Wildman–Crippen LogP) is 2.69. The average Bonchev–Trinajstić information content (AvgIpc) is 2.80. The number of benzene rings is 1. The fourth-order valence-corrected chi connectivity index (χ4v) is 1.82. The first-order valence-corrected chi connectivity index (χ1v) is 6.63. The Balaban J connectivity index is 2.26. The second-order valence-corrected chi connectivity index (χ2v) is 6.03. The summed E-state index contributed by atoms with van der Waals surface area (Å²) in [5.74, 6) is 0.490. The lowest BCUT2D eigenvalue weighted by Gasteiger charge is -2.20. The van der Waals surface area contributed by atoms with Crippen LogP contribution in [0.4, 0.5) is 5.69 Å². The Morgan fingerprint density at radius 3 is 2.67 bits per heavy atom. The normalized spacial score (nSPS) is 13.1. The van der Waals surface area contributed by atoms with Gasteiger partial charge in [0.15, 0.2) is 0 Å². The van der Waals surface area contributed by atoms with Crippen LogP contribution < -0.4 is 5.32 Å². The summed E-state index contributed by atoms with van der Waals surface area (Å²) in [6.45, 7) is 7.31. The van der Waals surface area contributed by atoms with Gasteiger partial charge in [-0.15, -0.1) is 0 Å². The Morgan fingerprint density at radius 2 is 2.10 bits per heavy atom. The molecule has 0 radical (unpaired) electrons. The molecule has 1 atom stereocenters. The molecule has 112 valence electrons. The number of nitro benzene ring substituents is 1. The minimum Gasteiger partial charge on any atom is -0.346 e. The molecule has 2 aromatic rings. The fraction of sp³-hybridized carbons (Fsp3) is 0.429. The molecular weight excluding hydrogens is 272 g/mol. The molecule has 0 fully saturated rings. The van der Waals surface area contributed by atoms with E-state index in [0.717, 1.165) is 0 Å². The Labute approximate surface area is 121 Å². The van der Waals surface area contributed by atoms with Crippen LogP contribution in [-0.4, -0.2) is 20.8 Å². The van der Waals surface area contributed by atoms with Gasteiger partial charge >= 0.3 is 0 Å². The number of aromatic amines is 1. The van der Waals surface area contributed by atoms with E-state index in [4.69, 9.17) is 0 Å². The van der Waals surface area contributed by atoms with Crippen molar-refractivity contribution < 1.29 is 9.72 Å². The molecule has 0 aliphatic carbocycles. The summed E-state index contributed by atoms with van der Waals surface area (Å²) >= 11 is 0. The molecule has 1 aromatic heterocycles. The number of non-ortho nitro benzene ring substituents is 1. The molecule has 0 aliphatic heterocycles. The highest BCUT2D eigenvalue weighted by molar-refractivity contribution is 5.82. The first-order chi connectivity index (χ1) is 9.68. The van der Waals surface area contributed by atoms with Crippen LogP contribution in [0.2, 0.25) is 0 Å². The number of nitro groups is 1. The second kappa shape index (κ2) is 5.16. The van der Waals surface area contributed by atoms with Gasteiger partial charge in [0.2, 0.25) is 5.91 Å². The SMILES string of the molecule is CC(NC(=O)C(C)(C)C)c1nc2ccc([N+](=O)[O-])cc2[nH]1. The largest absolute Gasteiger partial charge is 0.346 e. The van der Waals surface area contributed by atoms with Crippen LogP contribution in [0.25, 0.3) is 11.0 Å². The summed E-state index contributed by atoms with van der Waals surface area (Å²) in [6, 6.07) is 4.13. The molecule has 1 unspecified atom stereocenters. The third-order valence-electron chi connectivity index (χ3n) is 3.13. The molecule has 1 heterocycles. The highest BCUT2D eigenvalue weighted by Gasteiger charge is 2.24. The number of H-pyrrole nitrogens is 1. The van der Waals surface area contributed by atoms with Crippen LogP contribution in [0.5, 0.6) is 0 Å². The number of fused-ring (bicyclic) bond motifs is 1. The van der Waals surface area contributed by atoms with E-state index in [1.54, 1.807) is 6.07 Å². The number of amides is 1. The van der Waals surface area contributed by atoms with Crippen molar-refractivity contribution in [2.75, 3.05) is 0 Å². The van der Waals surface area contributed by atoms with Crippen molar-refractivity contribution in [1.82, 2.24) is 15.3 Å². The van der Waals surface area contributed by atoms with E-state index >= 15 is 0 Å². The van der Waals surface area contributed by atoms with Gasteiger partial charge < -0.3 is 10.3 Å². The minimum absolute atomic E-state index is 0.00378. The lowest BCUT2D eigenvalue weighted by molar-refractivity contribution is -0.384. The van der Waals surface area contributed by atoms with Crippen LogP contribution in [0.3, 0.4) is 0 Å². The Bertz CT molecular complexity index is 700. The Hall–Kier alpha value is -2.44. The zero-order valence-corrected chi connectivity index (χ0v) is 12.4. The quantitative estimate of drug-likeness (QED) is 0.670. The smallest absolute Gasteiger partial charge is 0.271 e. The van der Waals surface area contributed by atoms with Gasteiger partial charge in [-0.2, -0.15) is 0 Å². The summed E-state index contributed by atoms with van der Waals surface area (Å²) in [5.41, 5.74) is 0.728. The van der Waals surface area contributed by atoms with Crippen molar-refractivity contribution >= 4 is 22.6 Å². The maximum Gasteiger partial charge on any atom is 0.271 e. The molecule has 0 saturated heterocycles. The standard InChI is InChI=1S/C14H18N4O3/c1-8(15-13(19)14(2,3)4)12-16-10-6-5-9(18(20)21)7-11(10)17-12/h5-8H,1-4H3,(H,15,19)(H,16,17). The van der Waals surface area contributed by atoms with E-state index in [0.29, 0.717) is 16.9 Å². The first-order valence-electron chi connectivity index (χ1n) is 6.63. The number of carbonyl (C=O) groups is 1. The van der Waals surface area contributed by atoms with Gasteiger partial charge in [0.1, 0.15) is 5.82 Å². The Kier molecular flexibility index (Phi) is 3.67. The van der Waals surface area contributed by atoms with Gasteiger partial charge in [0, 0.05) is 17.5 Å². The predicted molar refractivity (Wildman–Crippen MR) is 78.8 cm³/mol. The van der Waals surface area contributed by atoms with Crippen LogP contribution in [0.15, 0.2) is 18.2 Å². The van der Waals surface area contributed by atoms with Gasteiger partial charge in [0.25, 0.3) is 5.69 Å². The number of imidazole rings is 1. The minimum atomic E-state index is -0.487. The fourth-order valence-electron chi connectivity index (χ4n) is 1.82. The monoisotopic (exact) mass is 290 g/mol. The molecule has 0 saturated carbocycles. The third-order valence-corrected chi connectivity index (χ3v) is 3.13. The van der Waals surface area contributed by atoms with E-state index in [1.807, 2.05) is 27.7 Å². The van der Waals surface area contributed by atoms with E-state index in [1.165, 1.54) is 12.1 Å². The van der Waals surface area contributed by atoms with Crippen LogP contribution >= 0.6 is 0 Å². The number of aromatic nitrogens is 2. The molecule has 0 bridgehead atoms. The number of hydrogen-bond acceptors (Lipinski definition) is 4. The molecule has 7 heteroatoms. The van der Waals surface area contributed by atoms with E-state index < -0.39 is 10.3 Å². The zero-order chi connectivity index (χ0) is 15.8. The van der Waals surface area contributed by atoms with Crippen molar-refractivity contribution in [3.05, 3.63) is 34.1 Å². The molecule has 1 aromatic carbocycles. The number of rotatable bonds is 3. The lowest BCUT2D eigenvalue weighted by atomic mass is 9.95. The van der Waals surface area contributed by atoms with Gasteiger partial charge in [-0.25, -0.2) is 4.98 Å². The molecule has 0 spiro atoms. The molecule has 0 aliphatic rings. The Morgan fingerprint density at radius 1 is 1.43 bits per heavy atom. The number of nitrogens with zero attached hydrogens (tertiary/aromatic N) is 2. The van der Waals surface area contributed by atoms with Crippen molar-refractivity contribution in [3.8, 4) is 0 Å². The molecule has 21 heavy (non-hydrogen) atoms. The van der Waals surface area contributed by atoms with E-state index in [2.05, 4.69) is 15.3 Å². The highest BCUT2D eigenvalue weighted by atomic mass is 16.6. The van der Waals surface area contributed by atoms with E-state index in [9.17, 15) is 14.9 Å². The average molecular weight is 290 g/mol. The van der Waals surface area contributed by atoms with Crippen LogP contribution in [0, 0.1) is 15.5 Å². The molecule has 2 rings (SSSR count). The van der Waals surface area contributed by atoms with Crippen LogP contribution in [-0.2, 0) is 4.79 Å². The molecule has 2 N–H and O–H groups in total. The van der Waals surface area contributed by atoms with Gasteiger partial charge in [-0.3, -0.25) is 14.9 Å². The number of nitrogens with one attached hydrogen (secondary N) is 2. The van der Waals surface area contributed by atoms with Gasteiger partial charge in [-0.05, 0) is 13.0 Å². The molecule has 1 amide bonds. The topological polar surface area (TPSA) is 101 Å². The second-order valence-electron chi connectivity index (χ2n) is 6.03. The maximum atomic E-state index is 12.0. The summed E-state index contributed by atoms with van der Waals surface area (Å²) in [5, 5.41) is 13.6. The first kappa shape index (κ1) is 15.0.